The van der Waals surface area contributed by atoms with Gasteiger partial charge >= 0.3 is 5.97 Å². The van der Waals surface area contributed by atoms with Crippen LogP contribution in [0.25, 0.3) is 0 Å². The molecule has 4 saturated heterocycles. The maximum atomic E-state index is 13.4. The van der Waals surface area contributed by atoms with Crippen LogP contribution in [0, 0.1) is 17.8 Å². The van der Waals surface area contributed by atoms with E-state index < -0.39 is 23.5 Å². The minimum atomic E-state index is -1.16. The SMILES string of the molecule is C[C@@H](NC(=O)Cn1cnnn1)C1C(=O)N2C(C(=O)O)=C(S[C@@H]3CN[C@H](C(=O)N4CC5CCNC5(CO)C4)C3)[C@H](C)[C@H]12. The highest BCUT2D eigenvalue weighted by Gasteiger charge is 2.60. The molecule has 0 saturated carbocycles. The number of thioether (sulfide) groups is 1. The second-order valence-electron chi connectivity index (χ2n) is 11.8. The summed E-state index contributed by atoms with van der Waals surface area (Å²) >= 11 is 1.43. The number of aliphatic hydroxyl groups excluding tert-OH is 1. The van der Waals surface area contributed by atoms with Gasteiger partial charge in [-0.05, 0) is 42.7 Å². The number of nitrogens with one attached hydrogen (secondary N) is 3. The Kier molecular flexibility index (Phi) is 7.28. The third kappa shape index (κ3) is 4.70. The molecule has 16 heteroatoms. The normalized spacial score (nSPS) is 35.0. The highest BCUT2D eigenvalue weighted by atomic mass is 32.2. The number of hydrogen-bond acceptors (Lipinski definition) is 11. The van der Waals surface area contributed by atoms with Crippen molar-refractivity contribution in [2.45, 2.75) is 62.1 Å². The smallest absolute Gasteiger partial charge is 0.353 e. The molecule has 0 spiro atoms. The van der Waals surface area contributed by atoms with E-state index in [1.807, 2.05) is 11.8 Å². The molecule has 4 fully saturated rings. The van der Waals surface area contributed by atoms with Crippen LogP contribution in [0.3, 0.4) is 0 Å². The van der Waals surface area contributed by atoms with Crippen molar-refractivity contribution in [2.24, 2.45) is 17.8 Å². The number of carboxylic acids is 1. The summed E-state index contributed by atoms with van der Waals surface area (Å²) in [7, 11) is 0. The molecule has 1 aromatic heterocycles. The summed E-state index contributed by atoms with van der Waals surface area (Å²) in [6, 6.07) is -1.27. The molecule has 5 aliphatic heterocycles. The van der Waals surface area contributed by atoms with E-state index in [1.54, 1.807) is 6.92 Å². The van der Waals surface area contributed by atoms with E-state index in [4.69, 9.17) is 0 Å². The maximum absolute atomic E-state index is 13.4. The number of nitrogens with zero attached hydrogens (tertiary/aromatic N) is 6. The topological polar surface area (TPSA) is 195 Å². The van der Waals surface area contributed by atoms with Gasteiger partial charge in [0.2, 0.25) is 17.7 Å². The van der Waals surface area contributed by atoms with E-state index in [9.17, 15) is 29.4 Å². The number of aromatic nitrogens is 4. The monoisotopic (exact) mass is 589 g/mol. The van der Waals surface area contributed by atoms with Crippen molar-refractivity contribution < 1.29 is 29.4 Å². The molecular formula is C25H35N9O6S. The Morgan fingerprint density at radius 2 is 2.15 bits per heavy atom. The van der Waals surface area contributed by atoms with Gasteiger partial charge in [0.25, 0.3) is 0 Å². The van der Waals surface area contributed by atoms with E-state index in [-0.39, 0.29) is 65.7 Å². The van der Waals surface area contributed by atoms with E-state index in [0.717, 1.165) is 13.0 Å². The van der Waals surface area contributed by atoms with Crippen molar-refractivity contribution >= 4 is 35.5 Å². The van der Waals surface area contributed by atoms with Crippen molar-refractivity contribution in [1.29, 1.82) is 0 Å². The van der Waals surface area contributed by atoms with Gasteiger partial charge in [0, 0.05) is 41.7 Å². The first-order valence-corrected chi connectivity index (χ1v) is 14.9. The summed E-state index contributed by atoms with van der Waals surface area (Å²) in [5, 5.41) is 40.2. The van der Waals surface area contributed by atoms with E-state index in [2.05, 4.69) is 31.5 Å². The number of carboxylic acid groups (broad SMARTS) is 1. The number of carbonyl (C=O) groups is 4. The highest BCUT2D eigenvalue weighted by Crippen LogP contribution is 2.52. The van der Waals surface area contributed by atoms with Gasteiger partial charge in [0.1, 0.15) is 18.6 Å². The molecule has 1 aromatic rings. The molecule has 41 heavy (non-hydrogen) atoms. The lowest BCUT2D eigenvalue weighted by atomic mass is 9.78. The summed E-state index contributed by atoms with van der Waals surface area (Å²) in [6.07, 6.45) is 2.80. The van der Waals surface area contributed by atoms with Crippen molar-refractivity contribution in [2.75, 3.05) is 32.8 Å². The molecular weight excluding hydrogens is 554 g/mol. The van der Waals surface area contributed by atoms with Crippen LogP contribution < -0.4 is 16.0 Å². The average Bonchev–Trinajstić information content (AvgIpc) is 3.73. The highest BCUT2D eigenvalue weighted by molar-refractivity contribution is 8.03. The molecule has 0 radical (unpaired) electrons. The molecule has 6 heterocycles. The van der Waals surface area contributed by atoms with Crippen LogP contribution in [0.4, 0.5) is 0 Å². The number of tetrazole rings is 1. The summed E-state index contributed by atoms with van der Waals surface area (Å²) in [4.78, 5) is 55.2. The molecule has 5 aliphatic rings. The number of carbonyl (C=O) groups excluding carboxylic acids is 3. The second-order valence-corrected chi connectivity index (χ2v) is 13.1. The molecule has 0 bridgehead atoms. The van der Waals surface area contributed by atoms with E-state index in [1.165, 1.54) is 27.7 Å². The van der Waals surface area contributed by atoms with E-state index in [0.29, 0.717) is 31.0 Å². The number of likely N-dealkylation sites (tertiary alicyclic amines) is 1. The number of hydrogen-bond donors (Lipinski definition) is 5. The quantitative estimate of drug-likeness (QED) is 0.192. The van der Waals surface area contributed by atoms with Gasteiger partial charge in [0.05, 0.1) is 30.1 Å². The lowest BCUT2D eigenvalue weighted by Gasteiger charge is -2.47. The summed E-state index contributed by atoms with van der Waals surface area (Å²) in [5.41, 5.74) is -0.414. The van der Waals surface area contributed by atoms with Crippen LogP contribution in [0.5, 0.6) is 0 Å². The Bertz CT molecular complexity index is 1280. The third-order valence-electron chi connectivity index (χ3n) is 9.36. The Morgan fingerprint density at radius 3 is 2.83 bits per heavy atom. The summed E-state index contributed by atoms with van der Waals surface area (Å²) in [5.74, 6) is -2.38. The third-order valence-corrected chi connectivity index (χ3v) is 10.9. The fourth-order valence-electron chi connectivity index (χ4n) is 7.31. The van der Waals surface area contributed by atoms with Gasteiger partial charge in [-0.1, -0.05) is 6.92 Å². The first-order valence-electron chi connectivity index (χ1n) is 14.0. The molecule has 3 amide bonds. The standard InChI is InChI=1S/C25H35N9O6S/c1-12-19-18(13(2)29-17(36)8-33-11-28-30-31-33)23(38)34(19)20(24(39)40)21(12)41-15-5-16(26-6-15)22(37)32-7-14-3-4-27-25(14,9-32)10-35/h11-16,18-19,26-27,35H,3-10H2,1-2H3,(H,29,36)(H,39,40)/t12-,13-,14?,15+,16+,18?,19-,25?/m1/s1. The molecule has 6 rings (SSSR count). The van der Waals surface area contributed by atoms with Crippen LogP contribution in [0.15, 0.2) is 16.9 Å². The van der Waals surface area contributed by atoms with Crippen LogP contribution >= 0.6 is 11.8 Å². The van der Waals surface area contributed by atoms with Crippen LogP contribution in [-0.4, -0.2) is 126 Å². The minimum absolute atomic E-state index is 0.000858. The Morgan fingerprint density at radius 1 is 1.34 bits per heavy atom. The fraction of sp³-hybridized carbons (Fsp3) is 0.720. The van der Waals surface area contributed by atoms with Crippen molar-refractivity contribution in [3.8, 4) is 0 Å². The minimum Gasteiger partial charge on any atom is -0.477 e. The maximum Gasteiger partial charge on any atom is 0.353 e. The predicted molar refractivity (Wildman–Crippen MR) is 144 cm³/mol. The average molecular weight is 590 g/mol. The van der Waals surface area contributed by atoms with Gasteiger partial charge in [-0.3, -0.25) is 14.4 Å². The first-order chi connectivity index (χ1) is 19.6. The Labute approximate surface area is 240 Å². The van der Waals surface area contributed by atoms with Gasteiger partial charge in [-0.25, -0.2) is 9.48 Å². The van der Waals surface area contributed by atoms with Crippen LogP contribution in [0.2, 0.25) is 0 Å². The Hall–Kier alpha value is -3.08. The summed E-state index contributed by atoms with van der Waals surface area (Å²) < 4.78 is 1.28. The predicted octanol–water partition coefficient (Wildman–Crippen LogP) is -2.40. The zero-order valence-electron chi connectivity index (χ0n) is 22.9. The molecule has 15 nitrogen and oxygen atoms in total. The number of aliphatic carboxylic acids is 1. The molecule has 0 aromatic carbocycles. The lowest BCUT2D eigenvalue weighted by Crippen LogP contribution is -2.66. The van der Waals surface area contributed by atoms with Gasteiger partial charge in [0.15, 0.2) is 0 Å². The number of aliphatic hydroxyl groups is 1. The number of rotatable bonds is 9. The Balaban J connectivity index is 1.09. The van der Waals surface area contributed by atoms with Crippen molar-refractivity contribution in [3.05, 3.63) is 16.9 Å². The van der Waals surface area contributed by atoms with Crippen molar-refractivity contribution in [1.82, 2.24) is 46.0 Å². The summed E-state index contributed by atoms with van der Waals surface area (Å²) in [6.45, 7) is 6.07. The van der Waals surface area contributed by atoms with Crippen molar-refractivity contribution in [3.63, 3.8) is 0 Å². The van der Waals surface area contributed by atoms with Crippen LogP contribution in [0.1, 0.15) is 26.7 Å². The zero-order valence-corrected chi connectivity index (χ0v) is 23.7. The number of β-lactam (4-membered cyclic amide) rings is 1. The molecule has 0 aliphatic carbocycles. The van der Waals surface area contributed by atoms with Gasteiger partial charge in [-0.15, -0.1) is 16.9 Å². The first kappa shape index (κ1) is 28.1. The van der Waals surface area contributed by atoms with Crippen LogP contribution in [-0.2, 0) is 25.7 Å². The van der Waals surface area contributed by atoms with Gasteiger partial charge in [-0.2, -0.15) is 0 Å². The molecule has 8 atom stereocenters. The van der Waals surface area contributed by atoms with E-state index >= 15 is 0 Å². The molecule has 3 unspecified atom stereocenters. The largest absolute Gasteiger partial charge is 0.477 e. The molecule has 5 N–H and O–H groups in total. The molecule has 222 valence electrons. The number of amides is 3. The second kappa shape index (κ2) is 10.6. The lowest BCUT2D eigenvalue weighted by molar-refractivity contribution is -0.158. The van der Waals surface area contributed by atoms with Gasteiger partial charge < -0.3 is 36.0 Å². The zero-order chi connectivity index (χ0) is 29.1. The fourth-order valence-corrected chi connectivity index (χ4v) is 8.79. The number of fused-ring (bicyclic) bond motifs is 2.